The van der Waals surface area contributed by atoms with E-state index in [9.17, 15) is 0 Å². The first kappa shape index (κ1) is 17.1. The summed E-state index contributed by atoms with van der Waals surface area (Å²) in [5, 5.41) is 11.5. The molecule has 3 aromatic rings. The summed E-state index contributed by atoms with van der Waals surface area (Å²) in [5.41, 5.74) is 2.05. The molecule has 0 aliphatic rings. The van der Waals surface area contributed by atoms with Crippen molar-refractivity contribution in [3.05, 3.63) is 76.3 Å². The van der Waals surface area contributed by atoms with E-state index < -0.39 is 0 Å². The number of para-hydroxylation sites is 1. The summed E-state index contributed by atoms with van der Waals surface area (Å²) >= 11 is 5.26. The highest BCUT2D eigenvalue weighted by Crippen LogP contribution is 2.14. The Labute approximate surface area is 152 Å². The van der Waals surface area contributed by atoms with Gasteiger partial charge in [-0.05, 0) is 36.3 Å². The third-order valence-electron chi connectivity index (χ3n) is 3.70. The van der Waals surface area contributed by atoms with E-state index in [1.54, 1.807) is 10.9 Å². The molecular formula is C19H20N4OS. The minimum absolute atomic E-state index is 0.477. The molecule has 128 valence electrons. The quantitative estimate of drug-likeness (QED) is 0.508. The van der Waals surface area contributed by atoms with Crippen molar-refractivity contribution in [2.75, 3.05) is 0 Å². The summed E-state index contributed by atoms with van der Waals surface area (Å²) in [4.78, 5) is 0. The fraction of sp³-hybridized carbons (Fsp3) is 0.211. The molecule has 0 aliphatic carbocycles. The molecule has 6 heteroatoms. The van der Waals surface area contributed by atoms with Gasteiger partial charge in [0.2, 0.25) is 4.77 Å². The molecule has 0 aliphatic heterocycles. The number of hydrogen-bond acceptors (Lipinski definition) is 4. The molecule has 0 amide bonds. The minimum Gasteiger partial charge on any atom is -0.489 e. The van der Waals surface area contributed by atoms with Crippen LogP contribution in [0.2, 0.25) is 0 Å². The van der Waals surface area contributed by atoms with E-state index in [1.165, 1.54) is 0 Å². The van der Waals surface area contributed by atoms with Gasteiger partial charge in [-0.1, -0.05) is 49.4 Å². The Bertz CT molecular complexity index is 899. The van der Waals surface area contributed by atoms with E-state index >= 15 is 0 Å². The summed E-state index contributed by atoms with van der Waals surface area (Å²) in [5.74, 6) is 1.68. The van der Waals surface area contributed by atoms with Gasteiger partial charge in [-0.2, -0.15) is 14.9 Å². The first-order valence-corrected chi connectivity index (χ1v) is 8.65. The molecule has 1 N–H and O–H groups in total. The first-order chi connectivity index (χ1) is 12.3. The molecule has 0 saturated heterocycles. The zero-order valence-corrected chi connectivity index (χ0v) is 14.9. The molecule has 0 bridgehead atoms. The summed E-state index contributed by atoms with van der Waals surface area (Å²) in [6, 6.07) is 17.8. The van der Waals surface area contributed by atoms with Gasteiger partial charge in [-0.3, -0.25) is 5.10 Å². The summed E-state index contributed by atoms with van der Waals surface area (Å²) in [7, 11) is 0. The Hall–Kier alpha value is -2.73. The van der Waals surface area contributed by atoms with E-state index in [1.807, 2.05) is 54.6 Å². The number of ether oxygens (including phenoxy) is 1. The van der Waals surface area contributed by atoms with Crippen LogP contribution in [0.4, 0.5) is 0 Å². The Kier molecular flexibility index (Phi) is 5.74. The highest BCUT2D eigenvalue weighted by Gasteiger charge is 2.05. The predicted molar refractivity (Wildman–Crippen MR) is 102 cm³/mol. The second-order valence-corrected chi connectivity index (χ2v) is 5.94. The van der Waals surface area contributed by atoms with Crippen LogP contribution in [-0.4, -0.2) is 21.1 Å². The van der Waals surface area contributed by atoms with Crippen LogP contribution in [0.3, 0.4) is 0 Å². The van der Waals surface area contributed by atoms with Crippen molar-refractivity contribution in [3.8, 4) is 5.75 Å². The summed E-state index contributed by atoms with van der Waals surface area (Å²) in [6.07, 6.45) is 3.61. The fourth-order valence-electron chi connectivity index (χ4n) is 2.42. The van der Waals surface area contributed by atoms with Gasteiger partial charge in [-0.25, -0.2) is 0 Å². The van der Waals surface area contributed by atoms with E-state index in [2.05, 4.69) is 22.2 Å². The van der Waals surface area contributed by atoms with Crippen LogP contribution >= 0.6 is 12.2 Å². The van der Waals surface area contributed by atoms with Crippen molar-refractivity contribution in [1.29, 1.82) is 0 Å². The molecule has 25 heavy (non-hydrogen) atoms. The Balaban J connectivity index is 1.79. The average molecular weight is 352 g/mol. The lowest BCUT2D eigenvalue weighted by Crippen LogP contribution is -2.02. The van der Waals surface area contributed by atoms with E-state index in [0.29, 0.717) is 11.4 Å². The van der Waals surface area contributed by atoms with Crippen LogP contribution in [0.5, 0.6) is 5.75 Å². The maximum atomic E-state index is 5.85. The fourth-order valence-corrected chi connectivity index (χ4v) is 2.62. The van der Waals surface area contributed by atoms with Crippen molar-refractivity contribution < 1.29 is 4.74 Å². The topological polar surface area (TPSA) is 55.2 Å². The zero-order valence-electron chi connectivity index (χ0n) is 14.1. The molecule has 0 unspecified atom stereocenters. The summed E-state index contributed by atoms with van der Waals surface area (Å²) < 4.78 is 8.02. The van der Waals surface area contributed by atoms with Crippen molar-refractivity contribution in [1.82, 2.24) is 14.9 Å². The number of aryl methyl sites for hydroxylation is 1. The molecule has 2 aromatic carbocycles. The third kappa shape index (κ3) is 4.42. The van der Waals surface area contributed by atoms with Crippen LogP contribution in [-0.2, 0) is 13.0 Å². The normalized spacial score (nSPS) is 11.1. The number of H-pyrrole nitrogens is 1. The minimum atomic E-state index is 0.477. The Morgan fingerprint density at radius 2 is 1.92 bits per heavy atom. The number of nitrogens with one attached hydrogen (secondary N) is 1. The molecule has 5 nitrogen and oxygen atoms in total. The molecule has 0 radical (unpaired) electrons. The number of rotatable bonds is 7. The van der Waals surface area contributed by atoms with Gasteiger partial charge in [0.05, 0.1) is 6.21 Å². The molecule has 0 atom stereocenters. The van der Waals surface area contributed by atoms with Gasteiger partial charge >= 0.3 is 0 Å². The second kappa shape index (κ2) is 8.39. The highest BCUT2D eigenvalue weighted by molar-refractivity contribution is 7.71. The number of aromatic nitrogens is 3. The van der Waals surface area contributed by atoms with Crippen LogP contribution in [0, 0.1) is 4.77 Å². The van der Waals surface area contributed by atoms with Crippen LogP contribution in [0.1, 0.15) is 30.3 Å². The lowest BCUT2D eigenvalue weighted by Gasteiger charge is -2.08. The van der Waals surface area contributed by atoms with Gasteiger partial charge in [0, 0.05) is 12.0 Å². The lowest BCUT2D eigenvalue weighted by atomic mass is 10.1. The first-order valence-electron chi connectivity index (χ1n) is 8.24. The number of aromatic amines is 1. The maximum Gasteiger partial charge on any atom is 0.216 e. The van der Waals surface area contributed by atoms with Gasteiger partial charge in [0.1, 0.15) is 12.4 Å². The van der Waals surface area contributed by atoms with E-state index in [-0.39, 0.29) is 0 Å². The van der Waals surface area contributed by atoms with Gasteiger partial charge in [-0.15, -0.1) is 0 Å². The SMILES string of the molecule is CCCc1n[nH]c(=S)n1/N=C\c1ccccc1COc1ccccc1. The maximum absolute atomic E-state index is 5.85. The predicted octanol–water partition coefficient (Wildman–Crippen LogP) is 4.35. The number of nitrogens with zero attached hydrogens (tertiary/aromatic N) is 3. The molecule has 1 heterocycles. The monoisotopic (exact) mass is 352 g/mol. The largest absolute Gasteiger partial charge is 0.489 e. The van der Waals surface area contributed by atoms with Gasteiger partial charge in [0.15, 0.2) is 5.82 Å². The highest BCUT2D eigenvalue weighted by atomic mass is 32.1. The van der Waals surface area contributed by atoms with E-state index in [4.69, 9.17) is 17.0 Å². The van der Waals surface area contributed by atoms with Gasteiger partial charge < -0.3 is 4.74 Å². The Morgan fingerprint density at radius 3 is 2.72 bits per heavy atom. The van der Waals surface area contributed by atoms with Crippen molar-refractivity contribution in [2.24, 2.45) is 5.10 Å². The smallest absolute Gasteiger partial charge is 0.216 e. The van der Waals surface area contributed by atoms with Crippen molar-refractivity contribution in [3.63, 3.8) is 0 Å². The van der Waals surface area contributed by atoms with Gasteiger partial charge in [0.25, 0.3) is 0 Å². The Morgan fingerprint density at radius 1 is 1.16 bits per heavy atom. The lowest BCUT2D eigenvalue weighted by molar-refractivity contribution is 0.306. The molecule has 0 fully saturated rings. The van der Waals surface area contributed by atoms with Crippen LogP contribution in [0.25, 0.3) is 0 Å². The molecular weight excluding hydrogens is 332 g/mol. The van der Waals surface area contributed by atoms with Crippen molar-refractivity contribution >= 4 is 18.4 Å². The second-order valence-electron chi connectivity index (χ2n) is 5.55. The molecule has 0 saturated carbocycles. The standard InChI is InChI=1S/C19H20N4OS/c1-2-8-18-21-22-19(25)23(18)20-13-15-9-6-7-10-16(15)14-24-17-11-4-3-5-12-17/h3-7,9-13H,2,8,14H2,1H3,(H,22,25)/b20-13-. The summed E-state index contributed by atoms with van der Waals surface area (Å²) in [6.45, 7) is 2.58. The molecule has 0 spiro atoms. The number of hydrogen-bond donors (Lipinski definition) is 1. The van der Waals surface area contributed by atoms with E-state index in [0.717, 1.165) is 35.5 Å². The molecule has 3 rings (SSSR count). The third-order valence-corrected chi connectivity index (χ3v) is 3.96. The van der Waals surface area contributed by atoms with Crippen LogP contribution < -0.4 is 4.74 Å². The number of benzene rings is 2. The average Bonchev–Trinajstić information content (AvgIpc) is 3.00. The zero-order chi connectivity index (χ0) is 17.5. The molecule has 1 aromatic heterocycles. The van der Waals surface area contributed by atoms with Crippen molar-refractivity contribution in [2.45, 2.75) is 26.4 Å². The van der Waals surface area contributed by atoms with Crippen LogP contribution in [0.15, 0.2) is 59.7 Å².